The summed E-state index contributed by atoms with van der Waals surface area (Å²) in [5.41, 5.74) is 3.31. The first kappa shape index (κ1) is 15.1. The van der Waals surface area contributed by atoms with Gasteiger partial charge in [-0.2, -0.15) is 0 Å². The molecule has 0 radical (unpaired) electrons. The van der Waals surface area contributed by atoms with Crippen LogP contribution < -0.4 is 16.2 Å². The monoisotopic (exact) mass is 291 g/mol. The van der Waals surface area contributed by atoms with Crippen molar-refractivity contribution in [2.45, 2.75) is 13.5 Å². The van der Waals surface area contributed by atoms with Gasteiger partial charge < -0.3 is 15.1 Å². The van der Waals surface area contributed by atoms with Crippen LogP contribution in [-0.2, 0) is 11.3 Å². The Morgan fingerprint density at radius 2 is 2.00 bits per heavy atom. The summed E-state index contributed by atoms with van der Waals surface area (Å²) in [4.78, 5) is 10.5. The summed E-state index contributed by atoms with van der Waals surface area (Å²) < 4.78 is 18.3. The summed E-state index contributed by atoms with van der Waals surface area (Å²) in [7, 11) is 1.83. The topological polar surface area (TPSA) is 76.3 Å². The highest BCUT2D eigenvalue weighted by Gasteiger charge is 2.10. The predicted octanol–water partition coefficient (Wildman–Crippen LogP) is 2.21. The smallest absolute Gasteiger partial charge is 0.158 e. The molecule has 2 aromatic rings. The lowest BCUT2D eigenvalue weighted by atomic mass is 10.3. The maximum absolute atomic E-state index is 13.0. The fourth-order valence-corrected chi connectivity index (χ4v) is 1.78. The van der Waals surface area contributed by atoms with Crippen molar-refractivity contribution in [1.29, 1.82) is 0 Å². The number of ether oxygens (including phenoxy) is 1. The largest absolute Gasteiger partial charge is 0.374 e. The molecule has 21 heavy (non-hydrogen) atoms. The van der Waals surface area contributed by atoms with Crippen LogP contribution in [0.2, 0.25) is 0 Å². The number of nitrogens with zero attached hydrogens (tertiary/aromatic N) is 3. The van der Waals surface area contributed by atoms with Gasteiger partial charge in [0.15, 0.2) is 5.82 Å². The van der Waals surface area contributed by atoms with Crippen molar-refractivity contribution in [3.05, 3.63) is 42.0 Å². The first-order valence-corrected chi connectivity index (χ1v) is 6.55. The first-order chi connectivity index (χ1) is 10.1. The van der Waals surface area contributed by atoms with Gasteiger partial charge in [0.1, 0.15) is 24.1 Å². The second kappa shape index (κ2) is 6.96. The van der Waals surface area contributed by atoms with E-state index in [1.807, 2.05) is 18.9 Å². The lowest BCUT2D eigenvalue weighted by molar-refractivity contribution is 0.128. The molecule has 1 aromatic carbocycles. The molecule has 6 nitrogen and oxygen atoms in total. The molecule has 0 fully saturated rings. The standard InChI is InChI=1S/C14H18FN5O/c1-3-21-9-13-17-12(19-16)8-14(18-13)20(2)11-6-4-10(15)5-7-11/h4-8H,3,9,16H2,1-2H3,(H,17,18,19). The van der Waals surface area contributed by atoms with E-state index in [1.165, 1.54) is 12.1 Å². The Kier molecular flexibility index (Phi) is 5.02. The molecule has 0 saturated heterocycles. The number of anilines is 3. The van der Waals surface area contributed by atoms with Gasteiger partial charge in [-0.25, -0.2) is 20.2 Å². The molecular formula is C14H18FN5O. The zero-order valence-corrected chi connectivity index (χ0v) is 12.0. The SMILES string of the molecule is CCOCc1nc(NN)cc(N(C)c2ccc(F)cc2)n1. The number of nitrogens with one attached hydrogen (secondary N) is 1. The second-order valence-electron chi connectivity index (χ2n) is 4.34. The van der Waals surface area contributed by atoms with E-state index in [2.05, 4.69) is 15.4 Å². The third-order valence-electron chi connectivity index (χ3n) is 2.90. The second-order valence-corrected chi connectivity index (χ2v) is 4.34. The minimum absolute atomic E-state index is 0.281. The Morgan fingerprint density at radius 3 is 2.62 bits per heavy atom. The van der Waals surface area contributed by atoms with Crippen molar-refractivity contribution in [2.75, 3.05) is 24.0 Å². The van der Waals surface area contributed by atoms with Gasteiger partial charge in [0.25, 0.3) is 0 Å². The van der Waals surface area contributed by atoms with Gasteiger partial charge >= 0.3 is 0 Å². The molecule has 0 aliphatic rings. The Bertz CT molecular complexity index is 590. The van der Waals surface area contributed by atoms with Crippen LogP contribution in [0.5, 0.6) is 0 Å². The highest BCUT2D eigenvalue weighted by atomic mass is 19.1. The van der Waals surface area contributed by atoms with E-state index < -0.39 is 0 Å². The van der Waals surface area contributed by atoms with Gasteiger partial charge in [-0.15, -0.1) is 0 Å². The molecule has 112 valence electrons. The Hall–Kier alpha value is -2.25. The average molecular weight is 291 g/mol. The number of halogens is 1. The van der Waals surface area contributed by atoms with Crippen LogP contribution in [0.15, 0.2) is 30.3 Å². The van der Waals surface area contributed by atoms with Crippen LogP contribution in [0.4, 0.5) is 21.7 Å². The van der Waals surface area contributed by atoms with Crippen molar-refractivity contribution < 1.29 is 9.13 Å². The number of hydrogen-bond donors (Lipinski definition) is 2. The van der Waals surface area contributed by atoms with Gasteiger partial charge in [0.05, 0.1) is 0 Å². The minimum Gasteiger partial charge on any atom is -0.374 e. The fourth-order valence-electron chi connectivity index (χ4n) is 1.78. The molecule has 0 saturated carbocycles. The molecule has 1 heterocycles. The van der Waals surface area contributed by atoms with Gasteiger partial charge in [0.2, 0.25) is 0 Å². The molecule has 0 aliphatic heterocycles. The number of hydrogen-bond acceptors (Lipinski definition) is 6. The summed E-state index contributed by atoms with van der Waals surface area (Å²) in [6, 6.07) is 7.86. The third-order valence-corrected chi connectivity index (χ3v) is 2.90. The molecule has 0 unspecified atom stereocenters. The number of nitrogens with two attached hydrogens (primary N) is 1. The molecule has 0 bridgehead atoms. The molecule has 0 atom stereocenters. The van der Waals surface area contributed by atoms with Crippen LogP contribution in [0.1, 0.15) is 12.7 Å². The van der Waals surface area contributed by atoms with Crippen molar-refractivity contribution in [1.82, 2.24) is 9.97 Å². The van der Waals surface area contributed by atoms with Gasteiger partial charge in [-0.3, -0.25) is 0 Å². The summed E-state index contributed by atoms with van der Waals surface area (Å²) in [5, 5.41) is 0. The van der Waals surface area contributed by atoms with Gasteiger partial charge in [-0.1, -0.05) is 0 Å². The number of rotatable bonds is 6. The minimum atomic E-state index is -0.281. The maximum Gasteiger partial charge on any atom is 0.158 e. The lowest BCUT2D eigenvalue weighted by Crippen LogP contribution is -2.16. The fraction of sp³-hybridized carbons (Fsp3) is 0.286. The average Bonchev–Trinajstić information content (AvgIpc) is 2.52. The zero-order chi connectivity index (χ0) is 15.2. The number of hydrazine groups is 1. The van der Waals surface area contributed by atoms with Crippen molar-refractivity contribution >= 4 is 17.3 Å². The summed E-state index contributed by atoms with van der Waals surface area (Å²) in [6.45, 7) is 2.78. The van der Waals surface area contributed by atoms with E-state index in [4.69, 9.17) is 10.6 Å². The number of aromatic nitrogens is 2. The predicted molar refractivity (Wildman–Crippen MR) is 79.6 cm³/mol. The van der Waals surface area contributed by atoms with Crippen LogP contribution >= 0.6 is 0 Å². The quantitative estimate of drug-likeness (QED) is 0.627. The molecule has 7 heteroatoms. The van der Waals surface area contributed by atoms with Crippen molar-refractivity contribution in [2.24, 2.45) is 5.84 Å². The summed E-state index contributed by atoms with van der Waals surface area (Å²) in [5.74, 6) is 6.80. The molecule has 1 aromatic heterocycles. The normalized spacial score (nSPS) is 10.5. The van der Waals surface area contributed by atoms with Crippen LogP contribution in [0, 0.1) is 5.82 Å². The molecule has 3 N–H and O–H groups in total. The Morgan fingerprint density at radius 1 is 1.29 bits per heavy atom. The highest BCUT2D eigenvalue weighted by Crippen LogP contribution is 2.23. The Labute approximate surface area is 122 Å². The van der Waals surface area contributed by atoms with E-state index in [1.54, 1.807) is 18.2 Å². The van der Waals surface area contributed by atoms with Crippen LogP contribution in [0.3, 0.4) is 0 Å². The van der Waals surface area contributed by atoms with Crippen molar-refractivity contribution in [3.8, 4) is 0 Å². The van der Waals surface area contributed by atoms with Gasteiger partial charge in [0, 0.05) is 25.4 Å². The Balaban J connectivity index is 2.30. The lowest BCUT2D eigenvalue weighted by Gasteiger charge is -2.19. The van der Waals surface area contributed by atoms with Gasteiger partial charge in [-0.05, 0) is 31.2 Å². The van der Waals surface area contributed by atoms with E-state index in [0.29, 0.717) is 30.7 Å². The van der Waals surface area contributed by atoms with Crippen LogP contribution in [0.25, 0.3) is 0 Å². The molecule has 0 spiro atoms. The molecular weight excluding hydrogens is 273 g/mol. The van der Waals surface area contributed by atoms with E-state index in [0.717, 1.165) is 5.69 Å². The maximum atomic E-state index is 13.0. The van der Waals surface area contributed by atoms with E-state index in [9.17, 15) is 4.39 Å². The summed E-state index contributed by atoms with van der Waals surface area (Å²) >= 11 is 0. The zero-order valence-electron chi connectivity index (χ0n) is 12.0. The molecule has 0 aliphatic carbocycles. The van der Waals surface area contributed by atoms with Crippen molar-refractivity contribution in [3.63, 3.8) is 0 Å². The number of benzene rings is 1. The van der Waals surface area contributed by atoms with E-state index in [-0.39, 0.29) is 5.82 Å². The molecule has 0 amide bonds. The molecule has 2 rings (SSSR count). The summed E-state index contributed by atoms with van der Waals surface area (Å²) in [6.07, 6.45) is 0. The van der Waals surface area contributed by atoms with E-state index >= 15 is 0 Å². The van der Waals surface area contributed by atoms with Crippen LogP contribution in [-0.4, -0.2) is 23.6 Å². The highest BCUT2D eigenvalue weighted by molar-refractivity contribution is 5.61. The first-order valence-electron chi connectivity index (χ1n) is 6.55. The third kappa shape index (κ3) is 3.87. The number of nitrogen functional groups attached to an aromatic ring is 1.